The van der Waals surface area contributed by atoms with E-state index in [1.807, 2.05) is 11.8 Å². The van der Waals surface area contributed by atoms with E-state index in [0.29, 0.717) is 17.1 Å². The Bertz CT molecular complexity index is 2480. The Labute approximate surface area is 298 Å². The Morgan fingerprint density at radius 2 is 1.52 bits per heavy atom. The van der Waals surface area contributed by atoms with E-state index in [9.17, 15) is 0 Å². The Kier molecular flexibility index (Phi) is 7.24. The van der Waals surface area contributed by atoms with Crippen molar-refractivity contribution in [1.82, 2.24) is 4.57 Å². The van der Waals surface area contributed by atoms with Gasteiger partial charge in [0.25, 0.3) is 0 Å². The predicted molar refractivity (Wildman–Crippen MR) is 213 cm³/mol. The molecule has 5 aromatic carbocycles. The largest absolute Gasteiger partial charge is 0.309 e. The van der Waals surface area contributed by atoms with Crippen LogP contribution in [-0.4, -0.2) is 9.82 Å². The highest BCUT2D eigenvalue weighted by Crippen LogP contribution is 2.52. The molecule has 0 bridgehead atoms. The molecule has 1 nitrogen and oxygen atoms in total. The molecule has 10 rings (SSSR count). The number of hydrogen-bond acceptors (Lipinski definition) is 1. The van der Waals surface area contributed by atoms with E-state index in [2.05, 4.69) is 175 Å². The molecular weight excluding hydrogens is 623 g/mol. The van der Waals surface area contributed by atoms with Crippen molar-refractivity contribution in [2.45, 2.75) is 35.3 Å². The molecule has 0 saturated carbocycles. The van der Waals surface area contributed by atoms with E-state index in [0.717, 1.165) is 19.3 Å². The lowest BCUT2D eigenvalue weighted by Crippen LogP contribution is -2.15. The van der Waals surface area contributed by atoms with E-state index in [4.69, 9.17) is 0 Å². The summed E-state index contributed by atoms with van der Waals surface area (Å²) < 4.78 is 2.45. The minimum absolute atomic E-state index is 0.349. The smallest absolute Gasteiger partial charge is 0.0619 e. The Morgan fingerprint density at radius 1 is 0.700 bits per heavy atom. The van der Waals surface area contributed by atoms with Gasteiger partial charge < -0.3 is 4.57 Å². The quantitative estimate of drug-likeness (QED) is 0.178. The van der Waals surface area contributed by atoms with Gasteiger partial charge in [0.2, 0.25) is 0 Å². The number of nitrogens with zero attached hydrogens (tertiary/aromatic N) is 1. The number of benzene rings is 5. The average molecular weight is 660 g/mol. The van der Waals surface area contributed by atoms with Crippen LogP contribution in [0.5, 0.6) is 0 Å². The van der Waals surface area contributed by atoms with Crippen molar-refractivity contribution in [3.63, 3.8) is 0 Å². The lowest BCUT2D eigenvalue weighted by atomic mass is 9.77. The molecule has 3 aliphatic carbocycles. The molecule has 3 atom stereocenters. The molecule has 240 valence electrons. The molecule has 50 heavy (non-hydrogen) atoms. The van der Waals surface area contributed by atoms with Crippen molar-refractivity contribution in [1.29, 1.82) is 0 Å². The zero-order chi connectivity index (χ0) is 33.0. The van der Waals surface area contributed by atoms with Crippen LogP contribution in [0.1, 0.15) is 36.3 Å². The van der Waals surface area contributed by atoms with E-state index < -0.39 is 0 Å². The third-order valence-corrected chi connectivity index (χ3v) is 12.3. The second-order valence-electron chi connectivity index (χ2n) is 13.9. The molecule has 0 saturated heterocycles. The van der Waals surface area contributed by atoms with Crippen LogP contribution >= 0.6 is 11.8 Å². The van der Waals surface area contributed by atoms with Gasteiger partial charge >= 0.3 is 0 Å². The standard InChI is InChI=1S/C48H37NS/c1-4-13-32(14-5-1)36-27-37(33-15-6-2-7-16-33)29-38(28-36)34-23-25-46-43(30-34)44-31-35(24-26-47(44)50-46)40-20-12-21-42-41-19-10-11-22-45(41)49(48(40)42)39-17-8-3-9-18-39/h1-6,8-15,17-28,30-31,38,43,46H,7,16,29H2. The molecule has 0 fully saturated rings. The molecule has 0 radical (unpaired) electrons. The summed E-state index contributed by atoms with van der Waals surface area (Å²) in [4.78, 5) is 1.41. The van der Waals surface area contributed by atoms with Crippen LogP contribution in [0.15, 0.2) is 192 Å². The second kappa shape index (κ2) is 12.2. The number of rotatable bonds is 5. The van der Waals surface area contributed by atoms with Gasteiger partial charge in [0.05, 0.1) is 11.0 Å². The van der Waals surface area contributed by atoms with Crippen molar-refractivity contribution in [3.05, 3.63) is 198 Å². The zero-order valence-corrected chi connectivity index (χ0v) is 28.7. The van der Waals surface area contributed by atoms with Crippen LogP contribution in [0.3, 0.4) is 0 Å². The minimum atomic E-state index is 0.349. The first-order valence-electron chi connectivity index (χ1n) is 17.9. The molecule has 2 heteroatoms. The predicted octanol–water partition coefficient (Wildman–Crippen LogP) is 12.8. The van der Waals surface area contributed by atoms with Crippen LogP contribution in [0.2, 0.25) is 0 Å². The summed E-state index contributed by atoms with van der Waals surface area (Å²) in [6, 6.07) is 44.6. The molecule has 0 N–H and O–H groups in total. The molecular formula is C48H37NS. The minimum Gasteiger partial charge on any atom is -0.309 e. The summed E-state index contributed by atoms with van der Waals surface area (Å²) in [5.74, 6) is 0.704. The summed E-state index contributed by atoms with van der Waals surface area (Å²) in [6.07, 6.45) is 22.7. The Morgan fingerprint density at radius 3 is 2.38 bits per heavy atom. The van der Waals surface area contributed by atoms with Crippen LogP contribution in [0.25, 0.3) is 44.2 Å². The monoisotopic (exact) mass is 659 g/mol. The van der Waals surface area contributed by atoms with Crippen LogP contribution in [-0.2, 0) is 0 Å². The van der Waals surface area contributed by atoms with Crippen LogP contribution < -0.4 is 0 Å². The number of allylic oxidation sites excluding steroid dienone is 11. The lowest BCUT2D eigenvalue weighted by molar-refractivity contribution is 0.727. The van der Waals surface area contributed by atoms with Gasteiger partial charge in [-0.1, -0.05) is 140 Å². The molecule has 2 heterocycles. The molecule has 6 aromatic rings. The highest BCUT2D eigenvalue weighted by atomic mass is 32.2. The fourth-order valence-electron chi connectivity index (χ4n) is 8.56. The van der Waals surface area contributed by atoms with Crippen molar-refractivity contribution in [3.8, 4) is 16.8 Å². The maximum Gasteiger partial charge on any atom is 0.0619 e. The van der Waals surface area contributed by atoms with Crippen molar-refractivity contribution < 1.29 is 0 Å². The van der Waals surface area contributed by atoms with E-state index >= 15 is 0 Å². The van der Waals surface area contributed by atoms with Crippen molar-refractivity contribution in [2.24, 2.45) is 5.92 Å². The number of hydrogen-bond donors (Lipinski definition) is 0. The number of fused-ring (bicyclic) bond motifs is 6. The van der Waals surface area contributed by atoms with Gasteiger partial charge in [-0.3, -0.25) is 0 Å². The van der Waals surface area contributed by atoms with Gasteiger partial charge in [-0.15, -0.1) is 11.8 Å². The summed E-state index contributed by atoms with van der Waals surface area (Å²) in [5.41, 5.74) is 14.8. The highest BCUT2D eigenvalue weighted by molar-refractivity contribution is 8.00. The summed E-state index contributed by atoms with van der Waals surface area (Å²) >= 11 is 2.02. The van der Waals surface area contributed by atoms with E-state index in [1.54, 1.807) is 0 Å². The Hall–Kier alpha value is -5.31. The third kappa shape index (κ3) is 5.01. The van der Waals surface area contributed by atoms with Crippen molar-refractivity contribution in [2.75, 3.05) is 0 Å². The molecule has 1 aromatic heterocycles. The van der Waals surface area contributed by atoms with Gasteiger partial charge in [-0.25, -0.2) is 0 Å². The highest BCUT2D eigenvalue weighted by Gasteiger charge is 2.34. The first-order chi connectivity index (χ1) is 24.8. The average Bonchev–Trinajstić information content (AvgIpc) is 3.74. The maximum atomic E-state index is 2.61. The first-order valence-corrected chi connectivity index (χ1v) is 18.8. The molecule has 0 amide bonds. The maximum absolute atomic E-state index is 2.61. The van der Waals surface area contributed by atoms with Crippen LogP contribution in [0, 0.1) is 5.92 Å². The van der Waals surface area contributed by atoms with Gasteiger partial charge in [-0.05, 0) is 88.6 Å². The van der Waals surface area contributed by atoms with Gasteiger partial charge in [-0.2, -0.15) is 0 Å². The summed E-state index contributed by atoms with van der Waals surface area (Å²) in [5, 5.41) is 3.01. The SMILES string of the molecule is C1=CCCC(C2=CC(c3ccccc3)=CC(C3=CC4c5cc(-c6cccc7c8ccccc8n(-c8ccccc8)c67)ccc5SC4C=C3)C2)=C1. The summed E-state index contributed by atoms with van der Waals surface area (Å²) in [6.45, 7) is 0. The van der Waals surface area contributed by atoms with Crippen molar-refractivity contribution >= 4 is 39.1 Å². The zero-order valence-electron chi connectivity index (χ0n) is 27.9. The van der Waals surface area contributed by atoms with Gasteiger partial charge in [0.15, 0.2) is 0 Å². The number of para-hydroxylation sites is 3. The number of aromatic nitrogens is 1. The lowest BCUT2D eigenvalue weighted by Gasteiger charge is -2.28. The molecule has 1 aliphatic heterocycles. The molecule has 3 unspecified atom stereocenters. The summed E-state index contributed by atoms with van der Waals surface area (Å²) in [7, 11) is 0. The molecule has 0 spiro atoms. The topological polar surface area (TPSA) is 4.93 Å². The second-order valence-corrected chi connectivity index (χ2v) is 15.1. The Balaban J connectivity index is 1.06. The fraction of sp³-hybridized carbons (Fsp3) is 0.125. The van der Waals surface area contributed by atoms with E-state index in [1.165, 1.54) is 76.9 Å². The van der Waals surface area contributed by atoms with Gasteiger partial charge in [0, 0.05) is 44.0 Å². The van der Waals surface area contributed by atoms with Crippen LogP contribution in [0.4, 0.5) is 0 Å². The first kappa shape index (κ1) is 29.6. The number of thioether (sulfide) groups is 1. The molecule has 4 aliphatic rings. The third-order valence-electron chi connectivity index (χ3n) is 11.0. The van der Waals surface area contributed by atoms with E-state index in [-0.39, 0.29) is 0 Å². The van der Waals surface area contributed by atoms with Gasteiger partial charge in [0.1, 0.15) is 0 Å². The normalized spacial score (nSPS) is 21.0. The fourth-order valence-corrected chi connectivity index (χ4v) is 9.86.